The maximum atomic E-state index is 12.9. The second-order valence-corrected chi connectivity index (χ2v) is 8.72. The lowest BCUT2D eigenvalue weighted by Crippen LogP contribution is -2.39. The van der Waals surface area contributed by atoms with Crippen molar-refractivity contribution in [2.45, 2.75) is 35.4 Å². The van der Waals surface area contributed by atoms with Gasteiger partial charge in [-0.25, -0.2) is 23.4 Å². The highest BCUT2D eigenvalue weighted by Gasteiger charge is 2.51. The van der Waals surface area contributed by atoms with Gasteiger partial charge >= 0.3 is 6.18 Å². The summed E-state index contributed by atoms with van der Waals surface area (Å²) < 4.78 is 64.2. The molecule has 0 saturated heterocycles. The van der Waals surface area contributed by atoms with Crippen LogP contribution in [-0.2, 0) is 15.4 Å². The fourth-order valence-corrected chi connectivity index (χ4v) is 3.81. The second kappa shape index (κ2) is 7.33. The fraction of sp³-hybridized carbons (Fsp3) is 0.211. The normalized spacial score (nSPS) is 14.3. The van der Waals surface area contributed by atoms with Gasteiger partial charge in [0.05, 0.1) is 9.79 Å². The molecule has 0 aliphatic rings. The smallest absolute Gasteiger partial charge is 0.383 e. The van der Waals surface area contributed by atoms with Crippen LogP contribution in [0, 0.1) is 6.92 Å². The molecule has 1 aromatic carbocycles. The predicted molar refractivity (Wildman–Crippen MR) is 102 cm³/mol. The molecule has 2 heterocycles. The molecule has 0 spiro atoms. The van der Waals surface area contributed by atoms with Crippen LogP contribution in [0.2, 0.25) is 0 Å². The molecule has 3 N–H and O–H groups in total. The Morgan fingerprint density at radius 3 is 2.03 bits per heavy atom. The summed E-state index contributed by atoms with van der Waals surface area (Å²) in [6.45, 7) is 2.25. The minimum absolute atomic E-state index is 0.00570. The molecule has 2 aromatic heterocycles. The zero-order chi connectivity index (χ0) is 22.3. The molecule has 11 heteroatoms. The number of hydrogen-bond donors (Lipinski definition) is 2. The number of aryl methyl sites for hydroxylation is 1. The quantitative estimate of drug-likeness (QED) is 0.643. The zero-order valence-electron chi connectivity index (χ0n) is 15.8. The van der Waals surface area contributed by atoms with Crippen LogP contribution in [0.3, 0.4) is 0 Å². The molecule has 0 radical (unpaired) electrons. The van der Waals surface area contributed by atoms with E-state index in [0.29, 0.717) is 18.1 Å². The molecular weight excluding hydrogens is 421 g/mol. The Hall–Kier alpha value is -3.05. The zero-order valence-corrected chi connectivity index (χ0v) is 16.7. The number of halogens is 3. The van der Waals surface area contributed by atoms with Crippen molar-refractivity contribution in [2.75, 3.05) is 5.73 Å². The molecule has 0 aliphatic carbocycles. The molecule has 7 nitrogen and oxygen atoms in total. The second-order valence-electron chi connectivity index (χ2n) is 6.77. The van der Waals surface area contributed by atoms with E-state index in [-0.39, 0.29) is 21.4 Å². The van der Waals surface area contributed by atoms with Gasteiger partial charge in [0, 0.05) is 29.7 Å². The minimum atomic E-state index is -4.89. The predicted octanol–water partition coefficient (Wildman–Crippen LogP) is 3.03. The van der Waals surface area contributed by atoms with E-state index in [2.05, 4.69) is 15.0 Å². The molecule has 0 bridgehead atoms. The third kappa shape index (κ3) is 3.85. The van der Waals surface area contributed by atoms with Gasteiger partial charge in [-0.2, -0.15) is 13.2 Å². The summed E-state index contributed by atoms with van der Waals surface area (Å²) in [5, 5.41) is 9.67. The monoisotopic (exact) mass is 438 g/mol. The Kier molecular flexibility index (Phi) is 5.29. The van der Waals surface area contributed by atoms with E-state index in [0.717, 1.165) is 12.4 Å². The lowest BCUT2D eigenvalue weighted by atomic mass is 9.98. The van der Waals surface area contributed by atoms with Gasteiger partial charge < -0.3 is 10.8 Å². The Balaban J connectivity index is 1.90. The number of nitrogens with zero attached hydrogens (tertiary/aromatic N) is 3. The van der Waals surface area contributed by atoms with Gasteiger partial charge in [-0.1, -0.05) is 0 Å². The van der Waals surface area contributed by atoms with Crippen LogP contribution in [0.25, 0.3) is 11.4 Å². The van der Waals surface area contributed by atoms with E-state index in [1.807, 2.05) is 0 Å². The van der Waals surface area contributed by atoms with E-state index in [1.165, 1.54) is 36.5 Å². The number of rotatable bonds is 4. The molecule has 30 heavy (non-hydrogen) atoms. The topological polar surface area (TPSA) is 119 Å². The van der Waals surface area contributed by atoms with Crippen LogP contribution in [0.15, 0.2) is 58.7 Å². The van der Waals surface area contributed by atoms with Gasteiger partial charge in [0.25, 0.3) is 0 Å². The number of aliphatic hydroxyl groups is 1. The van der Waals surface area contributed by atoms with Gasteiger partial charge in [0.1, 0.15) is 5.82 Å². The molecule has 158 valence electrons. The average molecular weight is 438 g/mol. The summed E-state index contributed by atoms with van der Waals surface area (Å²) in [6.07, 6.45) is -1.96. The van der Waals surface area contributed by atoms with Crippen LogP contribution in [-0.4, -0.2) is 34.7 Å². The highest BCUT2D eigenvalue weighted by Crippen LogP contribution is 2.38. The van der Waals surface area contributed by atoms with Crippen molar-refractivity contribution < 1.29 is 26.7 Å². The largest absolute Gasteiger partial charge is 0.421 e. The standard InChI is InChI=1S/C19H17F3N4O3S/c1-11-7-15(10-24-16(11)23)30(28,29)14-5-3-12(4-6-14)17-25-8-13(9-26-17)18(2,27)19(20,21)22/h3-10,27H,1-2H3,(H2,23,24). The van der Waals surface area contributed by atoms with Crippen molar-refractivity contribution in [3.05, 3.63) is 60.0 Å². The first kappa shape index (κ1) is 21.7. The first-order chi connectivity index (χ1) is 13.8. The number of anilines is 1. The molecule has 3 aromatic rings. The number of benzene rings is 1. The Morgan fingerprint density at radius 1 is 0.967 bits per heavy atom. The maximum Gasteiger partial charge on any atom is 0.421 e. The summed E-state index contributed by atoms with van der Waals surface area (Å²) in [4.78, 5) is 11.5. The van der Waals surface area contributed by atoms with Gasteiger partial charge in [-0.15, -0.1) is 0 Å². The fourth-order valence-electron chi connectivity index (χ4n) is 2.52. The van der Waals surface area contributed by atoms with Crippen LogP contribution in [0.1, 0.15) is 18.1 Å². The summed E-state index contributed by atoms with van der Waals surface area (Å²) in [5.41, 5.74) is 2.93. The molecule has 0 aliphatic heterocycles. The van der Waals surface area contributed by atoms with Gasteiger partial charge in [-0.3, -0.25) is 0 Å². The van der Waals surface area contributed by atoms with Crippen molar-refractivity contribution in [3.63, 3.8) is 0 Å². The van der Waals surface area contributed by atoms with E-state index >= 15 is 0 Å². The summed E-state index contributed by atoms with van der Waals surface area (Å²) in [7, 11) is -3.84. The number of alkyl halides is 3. The molecular formula is C19H17F3N4O3S. The number of nitrogens with two attached hydrogens (primary N) is 1. The lowest BCUT2D eigenvalue weighted by Gasteiger charge is -2.25. The van der Waals surface area contributed by atoms with Crippen molar-refractivity contribution >= 4 is 15.7 Å². The van der Waals surface area contributed by atoms with Crippen molar-refractivity contribution in [3.8, 4) is 11.4 Å². The van der Waals surface area contributed by atoms with E-state index in [4.69, 9.17) is 5.73 Å². The number of pyridine rings is 1. The van der Waals surface area contributed by atoms with Crippen molar-refractivity contribution in [2.24, 2.45) is 0 Å². The van der Waals surface area contributed by atoms with Crippen molar-refractivity contribution in [1.82, 2.24) is 15.0 Å². The first-order valence-corrected chi connectivity index (χ1v) is 10.0. The van der Waals surface area contributed by atoms with Gasteiger partial charge in [-0.05, 0) is 49.7 Å². The van der Waals surface area contributed by atoms with Crippen molar-refractivity contribution in [1.29, 1.82) is 0 Å². The molecule has 1 atom stereocenters. The summed E-state index contributed by atoms with van der Waals surface area (Å²) in [6, 6.07) is 6.95. The lowest BCUT2D eigenvalue weighted by molar-refractivity contribution is -0.259. The maximum absolute atomic E-state index is 12.9. The summed E-state index contributed by atoms with van der Waals surface area (Å²) >= 11 is 0. The Bertz CT molecular complexity index is 1180. The Labute approximate surface area is 170 Å². The van der Waals surface area contributed by atoms with Crippen LogP contribution >= 0.6 is 0 Å². The number of nitrogen functional groups attached to an aromatic ring is 1. The molecule has 3 rings (SSSR count). The Morgan fingerprint density at radius 2 is 1.53 bits per heavy atom. The van der Waals surface area contributed by atoms with E-state index < -0.39 is 27.2 Å². The molecule has 0 saturated carbocycles. The third-order valence-corrected chi connectivity index (χ3v) is 6.33. The number of sulfone groups is 1. The highest BCUT2D eigenvalue weighted by molar-refractivity contribution is 7.91. The molecule has 0 amide bonds. The minimum Gasteiger partial charge on any atom is -0.383 e. The SMILES string of the molecule is Cc1cc(S(=O)(=O)c2ccc(-c3ncc(C(C)(O)C(F)(F)F)cn3)cc2)cnc1N. The van der Waals surface area contributed by atoms with Crippen LogP contribution in [0.4, 0.5) is 19.0 Å². The van der Waals surface area contributed by atoms with Gasteiger partial charge in [0.2, 0.25) is 9.84 Å². The molecule has 0 fully saturated rings. The number of aromatic nitrogens is 3. The van der Waals surface area contributed by atoms with Crippen LogP contribution < -0.4 is 5.73 Å². The highest BCUT2D eigenvalue weighted by atomic mass is 32.2. The molecule has 1 unspecified atom stereocenters. The van der Waals surface area contributed by atoms with E-state index in [1.54, 1.807) is 6.92 Å². The van der Waals surface area contributed by atoms with Crippen LogP contribution in [0.5, 0.6) is 0 Å². The average Bonchev–Trinajstić information content (AvgIpc) is 2.69. The van der Waals surface area contributed by atoms with Gasteiger partial charge in [0.15, 0.2) is 11.4 Å². The first-order valence-electron chi connectivity index (χ1n) is 8.53. The third-order valence-electron chi connectivity index (χ3n) is 4.59. The van der Waals surface area contributed by atoms with E-state index in [9.17, 15) is 26.7 Å². The number of hydrogen-bond acceptors (Lipinski definition) is 7. The summed E-state index contributed by atoms with van der Waals surface area (Å²) in [5.74, 6) is 0.306.